The van der Waals surface area contributed by atoms with Crippen molar-refractivity contribution >= 4 is 5.91 Å². The molecule has 0 radical (unpaired) electrons. The molecule has 1 aromatic rings. The van der Waals surface area contributed by atoms with Crippen LogP contribution in [-0.2, 0) is 0 Å². The summed E-state index contributed by atoms with van der Waals surface area (Å²) in [6.45, 7) is 0. The standard InChI is InChI=1S/C14H20N2O3/c1-16(12-5-3-2-4-11(12)15)14(19)10-7-6-9(17)8-13(10)18/h6-8,11-12,17-18H,2-5,15H2,1H3. The molecule has 5 nitrogen and oxygen atoms in total. The Labute approximate surface area is 112 Å². The third kappa shape index (κ3) is 2.81. The number of hydrogen-bond acceptors (Lipinski definition) is 4. The summed E-state index contributed by atoms with van der Waals surface area (Å²) in [6.07, 6.45) is 3.98. The van der Waals surface area contributed by atoms with Crippen LogP contribution in [0.25, 0.3) is 0 Å². The van der Waals surface area contributed by atoms with Gasteiger partial charge >= 0.3 is 0 Å². The monoisotopic (exact) mass is 264 g/mol. The highest BCUT2D eigenvalue weighted by Crippen LogP contribution is 2.27. The van der Waals surface area contributed by atoms with Crippen molar-refractivity contribution in [2.24, 2.45) is 5.73 Å². The summed E-state index contributed by atoms with van der Waals surface area (Å²) in [5, 5.41) is 19.0. The van der Waals surface area contributed by atoms with Gasteiger partial charge in [0.15, 0.2) is 0 Å². The van der Waals surface area contributed by atoms with E-state index in [-0.39, 0.29) is 35.1 Å². The number of phenolic OH excluding ortho intramolecular Hbond substituents is 2. The summed E-state index contributed by atoms with van der Waals surface area (Å²) in [4.78, 5) is 14.0. The number of rotatable bonds is 2. The molecule has 0 saturated heterocycles. The highest BCUT2D eigenvalue weighted by molar-refractivity contribution is 5.97. The fourth-order valence-electron chi connectivity index (χ4n) is 2.66. The van der Waals surface area contributed by atoms with E-state index in [1.807, 2.05) is 0 Å². The summed E-state index contributed by atoms with van der Waals surface area (Å²) in [7, 11) is 1.71. The molecule has 4 N–H and O–H groups in total. The lowest BCUT2D eigenvalue weighted by molar-refractivity contribution is 0.0669. The Hall–Kier alpha value is -1.75. The van der Waals surface area contributed by atoms with E-state index in [0.717, 1.165) is 25.7 Å². The van der Waals surface area contributed by atoms with Gasteiger partial charge in [-0.15, -0.1) is 0 Å². The van der Waals surface area contributed by atoms with Gasteiger partial charge in [0.2, 0.25) is 0 Å². The van der Waals surface area contributed by atoms with E-state index in [1.54, 1.807) is 11.9 Å². The van der Waals surface area contributed by atoms with Crippen LogP contribution in [0, 0.1) is 0 Å². The van der Waals surface area contributed by atoms with Crippen LogP contribution in [0.4, 0.5) is 0 Å². The van der Waals surface area contributed by atoms with Crippen LogP contribution in [0.3, 0.4) is 0 Å². The molecule has 1 aliphatic rings. The predicted octanol–water partition coefficient (Wildman–Crippen LogP) is 1.44. The van der Waals surface area contributed by atoms with Crippen LogP contribution in [0.1, 0.15) is 36.0 Å². The van der Waals surface area contributed by atoms with Crippen LogP contribution in [0.15, 0.2) is 18.2 Å². The predicted molar refractivity (Wildman–Crippen MR) is 72.1 cm³/mol. The van der Waals surface area contributed by atoms with E-state index >= 15 is 0 Å². The molecular formula is C14H20N2O3. The number of carbonyl (C=O) groups excluding carboxylic acids is 1. The van der Waals surface area contributed by atoms with E-state index in [4.69, 9.17) is 5.73 Å². The zero-order chi connectivity index (χ0) is 14.0. The number of likely N-dealkylation sites (N-methyl/N-ethyl adjacent to an activating group) is 1. The van der Waals surface area contributed by atoms with E-state index < -0.39 is 0 Å². The molecule has 0 bridgehead atoms. The van der Waals surface area contributed by atoms with Crippen LogP contribution in [-0.4, -0.2) is 40.2 Å². The van der Waals surface area contributed by atoms with Gasteiger partial charge < -0.3 is 20.8 Å². The van der Waals surface area contributed by atoms with Crippen molar-refractivity contribution in [1.82, 2.24) is 4.90 Å². The van der Waals surface area contributed by atoms with Crippen molar-refractivity contribution < 1.29 is 15.0 Å². The van der Waals surface area contributed by atoms with Gasteiger partial charge in [0.05, 0.1) is 5.56 Å². The summed E-state index contributed by atoms with van der Waals surface area (Å²) in [5.74, 6) is -0.535. The van der Waals surface area contributed by atoms with Crippen molar-refractivity contribution in [3.05, 3.63) is 23.8 Å². The topological polar surface area (TPSA) is 86.8 Å². The molecule has 1 saturated carbocycles. The minimum Gasteiger partial charge on any atom is -0.508 e. The van der Waals surface area contributed by atoms with Gasteiger partial charge in [0.1, 0.15) is 11.5 Å². The maximum atomic E-state index is 12.4. The third-order valence-electron chi connectivity index (χ3n) is 3.81. The minimum atomic E-state index is -0.264. The summed E-state index contributed by atoms with van der Waals surface area (Å²) < 4.78 is 0. The molecular weight excluding hydrogens is 244 g/mol. The van der Waals surface area contributed by atoms with Crippen molar-refractivity contribution in [3.8, 4) is 11.5 Å². The normalized spacial score (nSPS) is 23.1. The Bertz CT molecular complexity index is 476. The van der Waals surface area contributed by atoms with Crippen molar-refractivity contribution in [3.63, 3.8) is 0 Å². The largest absolute Gasteiger partial charge is 0.508 e. The number of nitrogens with zero attached hydrogens (tertiary/aromatic N) is 1. The maximum Gasteiger partial charge on any atom is 0.257 e. The zero-order valence-corrected chi connectivity index (χ0v) is 11.0. The third-order valence-corrected chi connectivity index (χ3v) is 3.81. The first-order valence-corrected chi connectivity index (χ1v) is 6.55. The van der Waals surface area contributed by atoms with Gasteiger partial charge in [-0.1, -0.05) is 12.8 Å². The quantitative estimate of drug-likeness (QED) is 0.754. The van der Waals surface area contributed by atoms with E-state index in [0.29, 0.717) is 0 Å². The number of aromatic hydroxyl groups is 2. The molecule has 5 heteroatoms. The second-order valence-electron chi connectivity index (χ2n) is 5.13. The first-order chi connectivity index (χ1) is 9.00. The lowest BCUT2D eigenvalue weighted by Gasteiger charge is -2.36. The first kappa shape index (κ1) is 13.7. The van der Waals surface area contributed by atoms with Crippen molar-refractivity contribution in [2.75, 3.05) is 7.05 Å². The number of hydrogen-bond donors (Lipinski definition) is 3. The molecule has 1 amide bonds. The molecule has 2 unspecified atom stereocenters. The molecule has 1 fully saturated rings. The van der Waals surface area contributed by atoms with Gasteiger partial charge in [-0.3, -0.25) is 4.79 Å². The molecule has 2 atom stereocenters. The van der Waals surface area contributed by atoms with E-state index in [2.05, 4.69) is 0 Å². The fraction of sp³-hybridized carbons (Fsp3) is 0.500. The first-order valence-electron chi connectivity index (χ1n) is 6.55. The molecule has 2 rings (SSSR count). The molecule has 0 spiro atoms. The Morgan fingerprint density at radius 2 is 2.00 bits per heavy atom. The Kier molecular flexibility index (Phi) is 3.95. The lowest BCUT2D eigenvalue weighted by atomic mass is 9.89. The number of amides is 1. The number of phenols is 2. The molecule has 1 aliphatic carbocycles. The Balaban J connectivity index is 2.18. The average Bonchev–Trinajstić information content (AvgIpc) is 2.38. The summed E-state index contributed by atoms with van der Waals surface area (Å²) in [5.41, 5.74) is 6.25. The second kappa shape index (κ2) is 5.48. The highest BCUT2D eigenvalue weighted by atomic mass is 16.3. The average molecular weight is 264 g/mol. The highest BCUT2D eigenvalue weighted by Gasteiger charge is 2.29. The number of carbonyl (C=O) groups is 1. The van der Waals surface area contributed by atoms with Gasteiger partial charge in [0.25, 0.3) is 5.91 Å². The van der Waals surface area contributed by atoms with Crippen LogP contribution >= 0.6 is 0 Å². The smallest absolute Gasteiger partial charge is 0.257 e. The van der Waals surface area contributed by atoms with E-state index in [9.17, 15) is 15.0 Å². The van der Waals surface area contributed by atoms with Gasteiger partial charge in [-0.25, -0.2) is 0 Å². The summed E-state index contributed by atoms with van der Waals surface area (Å²) >= 11 is 0. The molecule has 19 heavy (non-hydrogen) atoms. The van der Waals surface area contributed by atoms with Crippen molar-refractivity contribution in [2.45, 2.75) is 37.8 Å². The Morgan fingerprint density at radius 1 is 1.32 bits per heavy atom. The molecule has 1 aromatic carbocycles. The number of nitrogens with two attached hydrogens (primary N) is 1. The van der Waals surface area contributed by atoms with Gasteiger partial charge in [-0.2, -0.15) is 0 Å². The van der Waals surface area contributed by atoms with Gasteiger partial charge in [0, 0.05) is 25.2 Å². The minimum absolute atomic E-state index is 0.00875. The molecule has 0 aromatic heterocycles. The summed E-state index contributed by atoms with van der Waals surface area (Å²) in [6, 6.07) is 3.98. The van der Waals surface area contributed by atoms with E-state index in [1.165, 1.54) is 18.2 Å². The van der Waals surface area contributed by atoms with Crippen LogP contribution in [0.2, 0.25) is 0 Å². The molecule has 0 heterocycles. The lowest BCUT2D eigenvalue weighted by Crippen LogP contribution is -2.50. The SMILES string of the molecule is CN(C(=O)c1ccc(O)cc1O)C1CCCCC1N. The molecule has 104 valence electrons. The second-order valence-corrected chi connectivity index (χ2v) is 5.13. The molecule has 0 aliphatic heterocycles. The van der Waals surface area contributed by atoms with Gasteiger partial charge in [-0.05, 0) is 25.0 Å². The fourth-order valence-corrected chi connectivity index (χ4v) is 2.66. The maximum absolute atomic E-state index is 12.4. The Morgan fingerprint density at radius 3 is 2.63 bits per heavy atom. The zero-order valence-electron chi connectivity index (χ0n) is 11.0. The van der Waals surface area contributed by atoms with Crippen LogP contribution < -0.4 is 5.73 Å². The number of benzene rings is 1. The van der Waals surface area contributed by atoms with Crippen molar-refractivity contribution in [1.29, 1.82) is 0 Å². The van der Waals surface area contributed by atoms with Crippen LogP contribution in [0.5, 0.6) is 11.5 Å².